The summed E-state index contributed by atoms with van der Waals surface area (Å²) < 4.78 is 0. The number of urea groups is 1. The van der Waals surface area contributed by atoms with Crippen molar-refractivity contribution in [3.63, 3.8) is 0 Å². The Morgan fingerprint density at radius 2 is 1.90 bits per heavy atom. The van der Waals surface area contributed by atoms with Crippen LogP contribution in [0.3, 0.4) is 0 Å². The van der Waals surface area contributed by atoms with Gasteiger partial charge in [0.2, 0.25) is 5.91 Å². The third-order valence-electron chi connectivity index (χ3n) is 2.95. The van der Waals surface area contributed by atoms with E-state index < -0.39 is 41.8 Å². The Hall–Kier alpha value is -2.12. The number of nitrogens with one attached hydrogen (secondary N) is 1. The van der Waals surface area contributed by atoms with Crippen LogP contribution in [0.5, 0.6) is 0 Å². The molecule has 0 aliphatic carbocycles. The maximum atomic E-state index is 11.8. The van der Waals surface area contributed by atoms with Gasteiger partial charge in [0.1, 0.15) is 19.1 Å². The van der Waals surface area contributed by atoms with Crippen molar-refractivity contribution < 1.29 is 24.3 Å². The van der Waals surface area contributed by atoms with Crippen LogP contribution in [-0.4, -0.2) is 64.9 Å². The van der Waals surface area contributed by atoms with Crippen molar-refractivity contribution in [3.05, 3.63) is 0 Å². The van der Waals surface area contributed by atoms with Crippen LogP contribution in [0.4, 0.5) is 4.79 Å². The second-order valence-electron chi connectivity index (χ2n) is 5.82. The van der Waals surface area contributed by atoms with Crippen molar-refractivity contribution >= 4 is 23.8 Å². The van der Waals surface area contributed by atoms with Crippen LogP contribution in [-0.2, 0) is 14.4 Å². The van der Waals surface area contributed by atoms with Crippen LogP contribution >= 0.6 is 0 Å². The molecule has 8 heteroatoms. The number of carboxylic acid groups (broad SMARTS) is 1. The van der Waals surface area contributed by atoms with Gasteiger partial charge in [-0.1, -0.05) is 20.8 Å². The number of nitrogens with zero attached hydrogens (tertiary/aromatic N) is 2. The average molecular weight is 285 g/mol. The topological polar surface area (TPSA) is 107 Å². The van der Waals surface area contributed by atoms with Crippen molar-refractivity contribution in [2.24, 2.45) is 5.41 Å². The highest BCUT2D eigenvalue weighted by Crippen LogP contribution is 2.19. The molecule has 1 aliphatic heterocycles. The predicted octanol–water partition coefficient (Wildman–Crippen LogP) is -0.504. The molecule has 1 saturated heterocycles. The lowest BCUT2D eigenvalue weighted by atomic mass is 9.87. The van der Waals surface area contributed by atoms with Crippen LogP contribution in [0.2, 0.25) is 0 Å². The van der Waals surface area contributed by atoms with Gasteiger partial charge >= 0.3 is 12.0 Å². The molecule has 0 radical (unpaired) electrons. The number of imide groups is 1. The van der Waals surface area contributed by atoms with E-state index in [0.717, 1.165) is 4.90 Å². The second-order valence-corrected chi connectivity index (χ2v) is 5.82. The number of carbonyl (C=O) groups is 4. The summed E-state index contributed by atoms with van der Waals surface area (Å²) in [6.45, 7) is 4.47. The summed E-state index contributed by atoms with van der Waals surface area (Å²) in [6, 6.07) is -1.66. The van der Waals surface area contributed by atoms with E-state index in [-0.39, 0.29) is 6.54 Å². The van der Waals surface area contributed by atoms with Crippen molar-refractivity contribution in [2.45, 2.75) is 26.8 Å². The first-order chi connectivity index (χ1) is 9.04. The Balaban J connectivity index is 2.70. The van der Waals surface area contributed by atoms with Crippen LogP contribution in [0.15, 0.2) is 0 Å². The van der Waals surface area contributed by atoms with Crippen LogP contribution in [0, 0.1) is 5.41 Å². The summed E-state index contributed by atoms with van der Waals surface area (Å²) in [5.74, 6) is -2.32. The fourth-order valence-corrected chi connectivity index (χ4v) is 1.82. The standard InChI is InChI=1S/C12H19N3O5/c1-12(2,3)9(10(18)19)13-7(16)5-15-8(17)6-14(4)11(15)20/h9H,5-6H2,1-4H3,(H,13,16)(H,18,19)/t9-/m0/s1. The zero-order valence-corrected chi connectivity index (χ0v) is 12.0. The van der Waals surface area contributed by atoms with Gasteiger partial charge in [-0.05, 0) is 5.41 Å². The number of rotatable bonds is 4. The molecule has 1 atom stereocenters. The number of hydrogen-bond acceptors (Lipinski definition) is 4. The van der Waals surface area contributed by atoms with Gasteiger partial charge in [-0.3, -0.25) is 14.5 Å². The van der Waals surface area contributed by atoms with Gasteiger partial charge < -0.3 is 15.3 Å². The molecule has 1 aliphatic rings. The molecule has 0 aromatic heterocycles. The van der Waals surface area contributed by atoms with Gasteiger partial charge in [0.25, 0.3) is 5.91 Å². The van der Waals surface area contributed by atoms with Crippen molar-refractivity contribution in [3.8, 4) is 0 Å². The molecule has 0 spiro atoms. The lowest BCUT2D eigenvalue weighted by Gasteiger charge is -2.28. The van der Waals surface area contributed by atoms with Crippen LogP contribution in [0.25, 0.3) is 0 Å². The van der Waals surface area contributed by atoms with Crippen molar-refractivity contribution in [1.82, 2.24) is 15.1 Å². The lowest BCUT2D eigenvalue weighted by molar-refractivity contribution is -0.145. The quantitative estimate of drug-likeness (QED) is 0.677. The molecule has 0 saturated carbocycles. The average Bonchev–Trinajstić information content (AvgIpc) is 2.51. The minimum Gasteiger partial charge on any atom is -0.480 e. The summed E-state index contributed by atoms with van der Waals surface area (Å²) in [7, 11) is 1.45. The molecule has 0 aromatic carbocycles. The van der Waals surface area contributed by atoms with Gasteiger partial charge in [-0.15, -0.1) is 0 Å². The summed E-state index contributed by atoms with van der Waals surface area (Å²) in [5.41, 5.74) is -0.683. The lowest BCUT2D eigenvalue weighted by Crippen LogP contribution is -2.52. The minimum absolute atomic E-state index is 0.0757. The molecule has 0 unspecified atom stereocenters. The smallest absolute Gasteiger partial charge is 0.327 e. The van der Waals surface area contributed by atoms with Gasteiger partial charge in [-0.25, -0.2) is 9.59 Å². The fourth-order valence-electron chi connectivity index (χ4n) is 1.82. The molecular formula is C12H19N3O5. The molecule has 8 nitrogen and oxygen atoms in total. The SMILES string of the molecule is CN1CC(=O)N(CC(=O)N[C@@H](C(=O)O)C(C)(C)C)C1=O. The van der Waals surface area contributed by atoms with Crippen molar-refractivity contribution in [2.75, 3.05) is 20.1 Å². The molecule has 4 amide bonds. The highest BCUT2D eigenvalue weighted by molar-refractivity contribution is 6.04. The molecule has 112 valence electrons. The number of carboxylic acids is 1. The van der Waals surface area contributed by atoms with Gasteiger partial charge in [0.15, 0.2) is 0 Å². The van der Waals surface area contributed by atoms with E-state index in [0.29, 0.717) is 0 Å². The Morgan fingerprint density at radius 1 is 1.35 bits per heavy atom. The first-order valence-electron chi connectivity index (χ1n) is 6.11. The van der Waals surface area contributed by atoms with Crippen molar-refractivity contribution in [1.29, 1.82) is 0 Å². The highest BCUT2D eigenvalue weighted by atomic mass is 16.4. The predicted molar refractivity (Wildman–Crippen MR) is 68.8 cm³/mol. The highest BCUT2D eigenvalue weighted by Gasteiger charge is 2.37. The monoisotopic (exact) mass is 285 g/mol. The van der Waals surface area contributed by atoms with E-state index >= 15 is 0 Å². The van der Waals surface area contributed by atoms with E-state index in [1.54, 1.807) is 20.8 Å². The maximum absolute atomic E-state index is 11.8. The Bertz CT molecular complexity index is 454. The first kappa shape index (κ1) is 15.9. The maximum Gasteiger partial charge on any atom is 0.327 e. The Kier molecular flexibility index (Phi) is 4.36. The molecule has 0 bridgehead atoms. The van der Waals surface area contributed by atoms with E-state index in [1.165, 1.54) is 11.9 Å². The van der Waals surface area contributed by atoms with Gasteiger partial charge in [0.05, 0.1) is 0 Å². The number of amides is 4. The normalized spacial score (nSPS) is 17.4. The number of aliphatic carboxylic acids is 1. The number of likely N-dealkylation sites (N-methyl/N-ethyl adjacent to an activating group) is 1. The summed E-state index contributed by atoms with van der Waals surface area (Å²) >= 11 is 0. The van der Waals surface area contributed by atoms with E-state index in [2.05, 4.69) is 5.32 Å². The zero-order valence-electron chi connectivity index (χ0n) is 12.0. The first-order valence-corrected chi connectivity index (χ1v) is 6.11. The molecule has 2 N–H and O–H groups in total. The number of carbonyl (C=O) groups excluding carboxylic acids is 3. The fraction of sp³-hybridized carbons (Fsp3) is 0.667. The third kappa shape index (κ3) is 3.46. The largest absolute Gasteiger partial charge is 0.480 e. The minimum atomic E-state index is -1.16. The Labute approximate surface area is 116 Å². The molecule has 20 heavy (non-hydrogen) atoms. The van der Waals surface area contributed by atoms with Gasteiger partial charge in [-0.2, -0.15) is 0 Å². The summed E-state index contributed by atoms with van der Waals surface area (Å²) in [6.07, 6.45) is 0. The van der Waals surface area contributed by atoms with E-state index in [4.69, 9.17) is 5.11 Å². The zero-order chi connectivity index (χ0) is 15.7. The molecule has 1 rings (SSSR count). The molecule has 1 fully saturated rings. The number of hydrogen-bond donors (Lipinski definition) is 2. The summed E-state index contributed by atoms with van der Waals surface area (Å²) in [4.78, 5) is 48.1. The van der Waals surface area contributed by atoms with E-state index in [1.807, 2.05) is 0 Å². The Morgan fingerprint density at radius 3 is 2.25 bits per heavy atom. The molecular weight excluding hydrogens is 266 g/mol. The van der Waals surface area contributed by atoms with Crippen LogP contribution < -0.4 is 5.32 Å². The van der Waals surface area contributed by atoms with E-state index in [9.17, 15) is 19.2 Å². The van der Waals surface area contributed by atoms with Crippen LogP contribution in [0.1, 0.15) is 20.8 Å². The second kappa shape index (κ2) is 5.48. The molecule has 1 heterocycles. The van der Waals surface area contributed by atoms with Gasteiger partial charge in [0, 0.05) is 7.05 Å². The summed E-state index contributed by atoms with van der Waals surface area (Å²) in [5, 5.41) is 11.4. The third-order valence-corrected chi connectivity index (χ3v) is 2.95. The molecule has 0 aromatic rings.